The van der Waals surface area contributed by atoms with Crippen molar-refractivity contribution in [1.29, 1.82) is 0 Å². The number of hydrogen-bond donors (Lipinski definition) is 2. The summed E-state index contributed by atoms with van der Waals surface area (Å²) in [5.74, 6) is 1.70. The number of thioether (sulfide) groups is 1. The van der Waals surface area contributed by atoms with Crippen LogP contribution in [0.25, 0.3) is 0 Å². The quantitative estimate of drug-likeness (QED) is 0.647. The molecule has 1 atom stereocenters. The molecule has 5 heteroatoms. The Kier molecular flexibility index (Phi) is 9.11. The lowest BCUT2D eigenvalue weighted by Crippen LogP contribution is -2.35. The third-order valence-electron chi connectivity index (χ3n) is 2.70. The van der Waals surface area contributed by atoms with Gasteiger partial charge in [0.1, 0.15) is 6.10 Å². The van der Waals surface area contributed by atoms with Gasteiger partial charge in [-0.3, -0.25) is 4.79 Å². The Hall–Kier alpha value is -1.04. The second kappa shape index (κ2) is 10.7. The zero-order valence-electron chi connectivity index (χ0n) is 11.9. The van der Waals surface area contributed by atoms with Gasteiger partial charge >= 0.3 is 0 Å². The summed E-state index contributed by atoms with van der Waals surface area (Å²) >= 11 is 1.73. The standard InChI is InChI=1S/C15H23NO3S/c1-13(19-12-14-6-3-2-4-7-14)15(18)16-8-11-20-10-5-9-17/h2-4,6-7,13,17H,5,8-12H2,1H3,(H,16,18). The Morgan fingerprint density at radius 2 is 2.10 bits per heavy atom. The third-order valence-corrected chi connectivity index (χ3v) is 3.77. The summed E-state index contributed by atoms with van der Waals surface area (Å²) in [6.07, 6.45) is 0.354. The van der Waals surface area contributed by atoms with Crippen molar-refractivity contribution < 1.29 is 14.6 Å². The molecule has 1 aromatic rings. The molecule has 0 aliphatic heterocycles. The van der Waals surface area contributed by atoms with E-state index in [1.165, 1.54) is 0 Å². The van der Waals surface area contributed by atoms with E-state index in [1.54, 1.807) is 18.7 Å². The van der Waals surface area contributed by atoms with Gasteiger partial charge in [-0.05, 0) is 24.7 Å². The minimum atomic E-state index is -0.447. The molecule has 0 fully saturated rings. The second-order valence-corrected chi connectivity index (χ2v) is 5.64. The predicted octanol–water partition coefficient (Wildman–Crippen LogP) is 1.82. The van der Waals surface area contributed by atoms with Crippen LogP contribution >= 0.6 is 11.8 Å². The fourth-order valence-corrected chi connectivity index (χ4v) is 2.31. The molecule has 1 rings (SSSR count). The Bertz CT molecular complexity index is 373. The summed E-state index contributed by atoms with van der Waals surface area (Å²) in [4.78, 5) is 11.8. The van der Waals surface area contributed by atoms with Crippen LogP contribution in [-0.2, 0) is 16.1 Å². The lowest BCUT2D eigenvalue weighted by Gasteiger charge is -2.13. The number of carbonyl (C=O) groups is 1. The summed E-state index contributed by atoms with van der Waals surface area (Å²) < 4.78 is 5.53. The van der Waals surface area contributed by atoms with Crippen LogP contribution in [0, 0.1) is 0 Å². The molecule has 112 valence electrons. The first-order chi connectivity index (χ1) is 9.74. The van der Waals surface area contributed by atoms with E-state index in [0.29, 0.717) is 13.2 Å². The molecule has 20 heavy (non-hydrogen) atoms. The highest BCUT2D eigenvalue weighted by atomic mass is 32.2. The largest absolute Gasteiger partial charge is 0.396 e. The van der Waals surface area contributed by atoms with E-state index in [-0.39, 0.29) is 12.5 Å². The van der Waals surface area contributed by atoms with Crippen LogP contribution in [0.3, 0.4) is 0 Å². The first-order valence-electron chi connectivity index (χ1n) is 6.86. The van der Waals surface area contributed by atoms with Crippen molar-refractivity contribution in [2.24, 2.45) is 0 Å². The number of ether oxygens (including phenoxy) is 1. The van der Waals surface area contributed by atoms with E-state index in [4.69, 9.17) is 9.84 Å². The summed E-state index contributed by atoms with van der Waals surface area (Å²) in [5, 5.41) is 11.5. The van der Waals surface area contributed by atoms with Crippen LogP contribution in [0.1, 0.15) is 18.9 Å². The predicted molar refractivity (Wildman–Crippen MR) is 82.7 cm³/mol. The van der Waals surface area contributed by atoms with Gasteiger partial charge in [-0.1, -0.05) is 30.3 Å². The van der Waals surface area contributed by atoms with E-state index < -0.39 is 6.10 Å². The second-order valence-electron chi connectivity index (χ2n) is 4.42. The summed E-state index contributed by atoms with van der Waals surface area (Å²) in [6, 6.07) is 9.80. The number of aliphatic hydroxyl groups excluding tert-OH is 1. The molecule has 1 amide bonds. The minimum Gasteiger partial charge on any atom is -0.396 e. The fourth-order valence-electron chi connectivity index (χ4n) is 1.53. The number of benzene rings is 1. The van der Waals surface area contributed by atoms with E-state index in [2.05, 4.69) is 5.32 Å². The molecular formula is C15H23NO3S. The Labute approximate surface area is 124 Å². The zero-order valence-corrected chi connectivity index (χ0v) is 12.7. The maximum Gasteiger partial charge on any atom is 0.248 e. The Balaban J connectivity index is 2.10. The highest BCUT2D eigenvalue weighted by Crippen LogP contribution is 2.04. The number of nitrogens with one attached hydrogen (secondary N) is 1. The molecule has 0 aromatic heterocycles. The number of rotatable bonds is 10. The molecule has 0 aliphatic carbocycles. The molecule has 0 heterocycles. The van der Waals surface area contributed by atoms with Crippen LogP contribution in [0.15, 0.2) is 30.3 Å². The zero-order chi connectivity index (χ0) is 14.6. The number of hydrogen-bond acceptors (Lipinski definition) is 4. The van der Waals surface area contributed by atoms with Crippen molar-refractivity contribution in [3.63, 3.8) is 0 Å². The van der Waals surface area contributed by atoms with Gasteiger partial charge in [0.25, 0.3) is 0 Å². The van der Waals surface area contributed by atoms with Crippen LogP contribution in [0.2, 0.25) is 0 Å². The maximum absolute atomic E-state index is 11.8. The van der Waals surface area contributed by atoms with E-state index in [1.807, 2.05) is 30.3 Å². The van der Waals surface area contributed by atoms with E-state index >= 15 is 0 Å². The molecule has 0 saturated heterocycles. The molecule has 4 nitrogen and oxygen atoms in total. The third kappa shape index (κ3) is 7.53. The Morgan fingerprint density at radius 3 is 2.80 bits per heavy atom. The van der Waals surface area contributed by atoms with Crippen molar-refractivity contribution >= 4 is 17.7 Å². The lowest BCUT2D eigenvalue weighted by atomic mass is 10.2. The molecule has 0 spiro atoms. The van der Waals surface area contributed by atoms with E-state index in [9.17, 15) is 4.79 Å². The molecule has 1 aromatic carbocycles. The summed E-state index contributed by atoms with van der Waals surface area (Å²) in [5.41, 5.74) is 1.06. The van der Waals surface area contributed by atoms with Crippen LogP contribution in [-0.4, -0.2) is 41.8 Å². The number of aliphatic hydroxyl groups is 1. The average Bonchev–Trinajstić information content (AvgIpc) is 2.49. The van der Waals surface area contributed by atoms with Crippen LogP contribution in [0.5, 0.6) is 0 Å². The smallest absolute Gasteiger partial charge is 0.248 e. The monoisotopic (exact) mass is 297 g/mol. The van der Waals surface area contributed by atoms with Gasteiger partial charge in [0.05, 0.1) is 6.61 Å². The van der Waals surface area contributed by atoms with Crippen molar-refractivity contribution in [3.8, 4) is 0 Å². The molecule has 0 bridgehead atoms. The van der Waals surface area contributed by atoms with E-state index in [0.717, 1.165) is 23.5 Å². The summed E-state index contributed by atoms with van der Waals surface area (Å²) in [7, 11) is 0. The molecule has 0 aliphatic rings. The molecule has 0 saturated carbocycles. The first kappa shape index (κ1) is 17.0. The maximum atomic E-state index is 11.8. The summed E-state index contributed by atoms with van der Waals surface area (Å²) in [6.45, 7) is 3.07. The van der Waals surface area contributed by atoms with Crippen molar-refractivity contribution in [1.82, 2.24) is 5.32 Å². The highest BCUT2D eigenvalue weighted by molar-refractivity contribution is 7.99. The highest BCUT2D eigenvalue weighted by Gasteiger charge is 2.12. The lowest BCUT2D eigenvalue weighted by molar-refractivity contribution is -0.132. The van der Waals surface area contributed by atoms with Crippen molar-refractivity contribution in [3.05, 3.63) is 35.9 Å². The SMILES string of the molecule is CC(OCc1ccccc1)C(=O)NCCSCCCO. The van der Waals surface area contributed by atoms with Gasteiger partial charge in [-0.25, -0.2) is 0 Å². The molecule has 1 unspecified atom stereocenters. The van der Waals surface area contributed by atoms with Gasteiger partial charge in [0, 0.05) is 18.9 Å². The van der Waals surface area contributed by atoms with Gasteiger partial charge in [-0.2, -0.15) is 11.8 Å². The van der Waals surface area contributed by atoms with Gasteiger partial charge in [-0.15, -0.1) is 0 Å². The molecular weight excluding hydrogens is 274 g/mol. The first-order valence-corrected chi connectivity index (χ1v) is 8.01. The van der Waals surface area contributed by atoms with Crippen molar-refractivity contribution in [2.75, 3.05) is 24.7 Å². The van der Waals surface area contributed by atoms with Gasteiger partial charge < -0.3 is 15.2 Å². The molecule has 0 radical (unpaired) electrons. The molecule has 2 N–H and O–H groups in total. The van der Waals surface area contributed by atoms with Gasteiger partial charge in [0.2, 0.25) is 5.91 Å². The topological polar surface area (TPSA) is 58.6 Å². The van der Waals surface area contributed by atoms with Crippen molar-refractivity contribution in [2.45, 2.75) is 26.1 Å². The number of carbonyl (C=O) groups excluding carboxylic acids is 1. The van der Waals surface area contributed by atoms with Crippen LogP contribution < -0.4 is 5.32 Å². The van der Waals surface area contributed by atoms with Gasteiger partial charge in [0.15, 0.2) is 0 Å². The minimum absolute atomic E-state index is 0.0799. The normalized spacial score (nSPS) is 12.1. The van der Waals surface area contributed by atoms with Crippen LogP contribution in [0.4, 0.5) is 0 Å². The number of amides is 1. The Morgan fingerprint density at radius 1 is 1.35 bits per heavy atom. The average molecular weight is 297 g/mol. The fraction of sp³-hybridized carbons (Fsp3) is 0.533.